The molecule has 1 atom stereocenters. The molecule has 0 aromatic rings. The molecule has 0 N–H and O–H groups in total. The van der Waals surface area contributed by atoms with Crippen LogP contribution in [0.2, 0.25) is 0 Å². The number of rotatable bonds is 0. The van der Waals surface area contributed by atoms with Crippen LogP contribution < -0.4 is 10.2 Å². The SMILES string of the molecule is C1CCC[N]CC1.FC1(F)CC2CC[N+]2C1. The Morgan fingerprint density at radius 1 is 1.06 bits per heavy atom. The van der Waals surface area contributed by atoms with Gasteiger partial charge in [-0.3, -0.25) is 0 Å². The Kier molecular flexibility index (Phi) is 4.14. The first-order valence-electron chi connectivity index (χ1n) is 6.42. The summed E-state index contributed by atoms with van der Waals surface area (Å²) in [5.74, 6) is -2.37. The monoisotopic (exact) mass is 231 g/mol. The van der Waals surface area contributed by atoms with E-state index in [-0.39, 0.29) is 19.0 Å². The fourth-order valence-corrected chi connectivity index (χ4v) is 2.55. The molecule has 3 aliphatic heterocycles. The van der Waals surface area contributed by atoms with Gasteiger partial charge in [0.1, 0.15) is 12.6 Å². The van der Waals surface area contributed by atoms with E-state index in [9.17, 15) is 8.78 Å². The van der Waals surface area contributed by atoms with E-state index in [1.807, 2.05) is 4.90 Å². The van der Waals surface area contributed by atoms with Crippen LogP contribution in [0, 0.1) is 0 Å². The predicted octanol–water partition coefficient (Wildman–Crippen LogP) is 2.10. The highest BCUT2D eigenvalue weighted by Crippen LogP contribution is 2.36. The molecule has 0 aromatic carbocycles. The molecular weight excluding hydrogens is 210 g/mol. The number of hydrogen-bond acceptors (Lipinski definition) is 1. The van der Waals surface area contributed by atoms with Gasteiger partial charge in [0, 0.05) is 13.1 Å². The summed E-state index contributed by atoms with van der Waals surface area (Å²) >= 11 is 0. The van der Waals surface area contributed by atoms with Crippen LogP contribution in [-0.4, -0.2) is 38.1 Å². The molecule has 0 spiro atoms. The summed E-state index contributed by atoms with van der Waals surface area (Å²) in [5, 5.41) is 4.27. The molecule has 16 heavy (non-hydrogen) atoms. The summed E-state index contributed by atoms with van der Waals surface area (Å²) in [5.41, 5.74) is 0. The lowest BCUT2D eigenvalue weighted by Gasteiger charge is -2.21. The fourth-order valence-electron chi connectivity index (χ4n) is 2.55. The molecule has 1 unspecified atom stereocenters. The number of nitrogens with zero attached hydrogens (tertiary/aromatic N) is 2. The molecule has 0 amide bonds. The lowest BCUT2D eigenvalue weighted by atomic mass is 10.0. The summed E-state index contributed by atoms with van der Waals surface area (Å²) in [7, 11) is 0. The first-order chi connectivity index (χ1) is 7.67. The molecular formula is C12H21F2N2+. The van der Waals surface area contributed by atoms with Crippen molar-refractivity contribution in [3.8, 4) is 0 Å². The van der Waals surface area contributed by atoms with Gasteiger partial charge in [0.05, 0.1) is 12.8 Å². The van der Waals surface area contributed by atoms with Gasteiger partial charge in [0.25, 0.3) is 0 Å². The maximum atomic E-state index is 12.4. The van der Waals surface area contributed by atoms with Crippen LogP contribution in [0.3, 0.4) is 0 Å². The van der Waals surface area contributed by atoms with E-state index in [1.54, 1.807) is 0 Å². The van der Waals surface area contributed by atoms with Crippen molar-refractivity contribution in [2.45, 2.75) is 50.5 Å². The van der Waals surface area contributed by atoms with Gasteiger partial charge in [0.2, 0.25) is 0 Å². The van der Waals surface area contributed by atoms with Crippen LogP contribution in [0.5, 0.6) is 0 Å². The van der Waals surface area contributed by atoms with Gasteiger partial charge in [-0.25, -0.2) is 5.32 Å². The molecule has 3 saturated heterocycles. The van der Waals surface area contributed by atoms with E-state index < -0.39 is 5.92 Å². The Balaban J connectivity index is 0.000000125. The topological polar surface area (TPSA) is 20.0 Å². The molecule has 3 aliphatic rings. The second-order valence-electron chi connectivity index (χ2n) is 5.06. The number of halogens is 2. The normalized spacial score (nSPS) is 33.0. The van der Waals surface area contributed by atoms with Gasteiger partial charge >= 0.3 is 5.92 Å². The Hall–Kier alpha value is -0.220. The molecule has 4 heteroatoms. The zero-order valence-electron chi connectivity index (χ0n) is 9.80. The van der Waals surface area contributed by atoms with Crippen molar-refractivity contribution in [3.05, 3.63) is 0 Å². The maximum Gasteiger partial charge on any atom is 0.306 e. The second kappa shape index (κ2) is 5.41. The fraction of sp³-hybridized carbons (Fsp3) is 1.00. The Labute approximate surface area is 96.4 Å². The van der Waals surface area contributed by atoms with Gasteiger partial charge in [-0.15, -0.1) is 0 Å². The van der Waals surface area contributed by atoms with Crippen molar-refractivity contribution in [3.63, 3.8) is 0 Å². The summed E-state index contributed by atoms with van der Waals surface area (Å²) in [4.78, 5) is 1.86. The average Bonchev–Trinajstić information content (AvgIpc) is 2.52. The molecule has 2 radical (unpaired) electrons. The summed E-state index contributed by atoms with van der Waals surface area (Å²) < 4.78 is 24.9. The van der Waals surface area contributed by atoms with E-state index in [1.165, 1.54) is 25.7 Å². The molecule has 92 valence electrons. The molecule has 0 aromatic heterocycles. The third-order valence-corrected chi connectivity index (χ3v) is 3.62. The predicted molar refractivity (Wildman–Crippen MR) is 60.2 cm³/mol. The van der Waals surface area contributed by atoms with Crippen LogP contribution in [0.25, 0.3) is 0 Å². The molecule has 0 bridgehead atoms. The van der Waals surface area contributed by atoms with Crippen LogP contribution in [-0.2, 0) is 0 Å². The van der Waals surface area contributed by atoms with Crippen LogP contribution in [0.4, 0.5) is 8.78 Å². The zero-order chi connectivity index (χ0) is 11.4. The van der Waals surface area contributed by atoms with Crippen molar-refractivity contribution in [2.24, 2.45) is 0 Å². The van der Waals surface area contributed by atoms with E-state index in [0.717, 1.165) is 26.1 Å². The smallest absolute Gasteiger partial charge is 0.242 e. The van der Waals surface area contributed by atoms with Gasteiger partial charge < -0.3 is 0 Å². The standard InChI is InChI=1S/C6H9F2N.C6H12N/c7-6(8)3-5-1-2-9(5)4-6;1-2-4-6-7-5-3-1/h5H,1-4H2;1-6H2/q+1;. The first kappa shape index (κ1) is 12.2. The van der Waals surface area contributed by atoms with E-state index in [2.05, 4.69) is 5.32 Å². The minimum atomic E-state index is -2.37. The third-order valence-electron chi connectivity index (χ3n) is 3.62. The van der Waals surface area contributed by atoms with E-state index in [4.69, 9.17) is 0 Å². The summed E-state index contributed by atoms with van der Waals surface area (Å²) in [6, 6.07) is 0.222. The minimum absolute atomic E-state index is 0.0116. The molecule has 2 nitrogen and oxygen atoms in total. The Morgan fingerprint density at radius 2 is 1.75 bits per heavy atom. The molecule has 3 rings (SSSR count). The lowest BCUT2D eigenvalue weighted by Crippen LogP contribution is -2.48. The van der Waals surface area contributed by atoms with Crippen molar-refractivity contribution in [2.75, 3.05) is 26.2 Å². The molecule has 3 heterocycles. The van der Waals surface area contributed by atoms with Gasteiger partial charge in [-0.05, 0) is 12.8 Å². The second-order valence-corrected chi connectivity index (χ2v) is 5.06. The Morgan fingerprint density at radius 3 is 2.12 bits per heavy atom. The Bertz CT molecular complexity index is 187. The highest BCUT2D eigenvalue weighted by Gasteiger charge is 2.57. The highest BCUT2D eigenvalue weighted by atomic mass is 19.3. The third kappa shape index (κ3) is 3.39. The van der Waals surface area contributed by atoms with E-state index >= 15 is 0 Å². The van der Waals surface area contributed by atoms with Crippen molar-refractivity contribution in [1.29, 1.82) is 0 Å². The van der Waals surface area contributed by atoms with Crippen molar-refractivity contribution < 1.29 is 8.78 Å². The number of alkyl halides is 2. The van der Waals surface area contributed by atoms with Crippen LogP contribution in [0.1, 0.15) is 38.5 Å². The van der Waals surface area contributed by atoms with Crippen LogP contribution >= 0.6 is 0 Å². The minimum Gasteiger partial charge on any atom is -0.242 e. The molecule has 0 aliphatic carbocycles. The first-order valence-corrected chi connectivity index (χ1v) is 6.42. The summed E-state index contributed by atoms with van der Waals surface area (Å²) in [6.45, 7) is 3.15. The quantitative estimate of drug-likeness (QED) is 0.569. The van der Waals surface area contributed by atoms with Crippen molar-refractivity contribution in [1.82, 2.24) is 10.2 Å². The van der Waals surface area contributed by atoms with Crippen molar-refractivity contribution >= 4 is 0 Å². The number of hydrogen-bond donors (Lipinski definition) is 0. The number of fused-ring (bicyclic) bond motifs is 1. The van der Waals surface area contributed by atoms with Crippen LogP contribution in [0.15, 0.2) is 0 Å². The highest BCUT2D eigenvalue weighted by molar-refractivity contribution is 5.00. The van der Waals surface area contributed by atoms with Gasteiger partial charge in [-0.2, -0.15) is 13.7 Å². The molecule has 0 saturated carbocycles. The zero-order valence-corrected chi connectivity index (χ0v) is 9.80. The maximum absolute atomic E-state index is 12.4. The lowest BCUT2D eigenvalue weighted by molar-refractivity contribution is 0.0200. The summed E-state index contributed by atoms with van der Waals surface area (Å²) in [6.07, 6.45) is 6.57. The average molecular weight is 231 g/mol. The van der Waals surface area contributed by atoms with E-state index in [0.29, 0.717) is 0 Å². The largest absolute Gasteiger partial charge is 0.306 e. The van der Waals surface area contributed by atoms with Gasteiger partial charge in [0.15, 0.2) is 6.54 Å². The molecule has 3 fully saturated rings. The van der Waals surface area contributed by atoms with Gasteiger partial charge in [-0.1, -0.05) is 12.8 Å².